The van der Waals surface area contributed by atoms with Crippen LogP contribution in [0.2, 0.25) is 0 Å². The zero-order valence-corrected chi connectivity index (χ0v) is 14.1. The molecule has 2 atom stereocenters. The fourth-order valence-electron chi connectivity index (χ4n) is 3.16. The lowest BCUT2D eigenvalue weighted by molar-refractivity contribution is -0.117. The van der Waals surface area contributed by atoms with E-state index in [1.165, 1.54) is 24.8 Å². The summed E-state index contributed by atoms with van der Waals surface area (Å²) in [6, 6.07) is 10.4. The number of nitrogens with zero attached hydrogens (tertiary/aromatic N) is 3. The SMILES string of the molecule is C[C@@H]1CCCC[C@@H]1NC(=O)/C=C/c1cn(Cc2ccccc2)nn1. The molecule has 3 rings (SSSR count). The van der Waals surface area contributed by atoms with Crippen LogP contribution in [-0.2, 0) is 11.3 Å². The van der Waals surface area contributed by atoms with Crippen LogP contribution >= 0.6 is 0 Å². The second-order valence-electron chi connectivity index (χ2n) is 6.54. The van der Waals surface area contributed by atoms with Gasteiger partial charge in [-0.2, -0.15) is 0 Å². The molecule has 0 saturated heterocycles. The molecule has 1 saturated carbocycles. The lowest BCUT2D eigenvalue weighted by Gasteiger charge is -2.29. The van der Waals surface area contributed by atoms with Gasteiger partial charge in [0.1, 0.15) is 5.69 Å². The van der Waals surface area contributed by atoms with Gasteiger partial charge in [0.15, 0.2) is 0 Å². The van der Waals surface area contributed by atoms with Crippen molar-refractivity contribution < 1.29 is 4.79 Å². The second-order valence-corrected chi connectivity index (χ2v) is 6.54. The molecule has 1 amide bonds. The van der Waals surface area contributed by atoms with Crippen LogP contribution in [-0.4, -0.2) is 26.9 Å². The van der Waals surface area contributed by atoms with Crippen molar-refractivity contribution in [3.8, 4) is 0 Å². The Morgan fingerprint density at radius 2 is 2.08 bits per heavy atom. The Kier molecular flexibility index (Phi) is 5.41. The van der Waals surface area contributed by atoms with E-state index in [4.69, 9.17) is 0 Å². The first-order valence-electron chi connectivity index (χ1n) is 8.63. The summed E-state index contributed by atoms with van der Waals surface area (Å²) in [5.74, 6) is 0.509. The Morgan fingerprint density at radius 1 is 1.29 bits per heavy atom. The van der Waals surface area contributed by atoms with Crippen LogP contribution in [0.1, 0.15) is 43.9 Å². The highest BCUT2D eigenvalue weighted by molar-refractivity contribution is 5.91. The molecule has 0 bridgehead atoms. The number of nitrogens with one attached hydrogen (secondary N) is 1. The molecular formula is C19H24N4O. The predicted octanol–water partition coefficient (Wildman–Crippen LogP) is 3.03. The van der Waals surface area contributed by atoms with Crippen molar-refractivity contribution in [1.29, 1.82) is 0 Å². The van der Waals surface area contributed by atoms with Crippen molar-refractivity contribution in [2.45, 2.75) is 45.2 Å². The lowest BCUT2D eigenvalue weighted by atomic mass is 9.86. The standard InChI is InChI=1S/C19H24N4O/c1-15-7-5-6-10-18(15)20-19(24)12-11-17-14-23(22-21-17)13-16-8-3-2-4-9-16/h2-4,8-9,11-12,14-15,18H,5-7,10,13H2,1H3,(H,20,24)/b12-11+/t15-,18+/m1/s1. The molecule has 24 heavy (non-hydrogen) atoms. The fraction of sp³-hybridized carbons (Fsp3) is 0.421. The molecular weight excluding hydrogens is 300 g/mol. The summed E-state index contributed by atoms with van der Waals surface area (Å²) < 4.78 is 1.77. The first-order valence-corrected chi connectivity index (χ1v) is 8.63. The van der Waals surface area contributed by atoms with Gasteiger partial charge in [-0.05, 0) is 30.4 Å². The number of carbonyl (C=O) groups is 1. The highest BCUT2D eigenvalue weighted by atomic mass is 16.1. The summed E-state index contributed by atoms with van der Waals surface area (Å²) in [6.45, 7) is 2.89. The fourth-order valence-corrected chi connectivity index (χ4v) is 3.16. The topological polar surface area (TPSA) is 59.8 Å². The minimum absolute atomic E-state index is 0.0497. The molecule has 5 heteroatoms. The summed E-state index contributed by atoms with van der Waals surface area (Å²) in [7, 11) is 0. The lowest BCUT2D eigenvalue weighted by Crippen LogP contribution is -2.40. The number of rotatable bonds is 5. The third-order valence-electron chi connectivity index (χ3n) is 4.59. The van der Waals surface area contributed by atoms with Crippen LogP contribution in [0, 0.1) is 5.92 Å². The van der Waals surface area contributed by atoms with E-state index in [0.29, 0.717) is 24.2 Å². The Balaban J connectivity index is 1.53. The highest BCUT2D eigenvalue weighted by Gasteiger charge is 2.21. The van der Waals surface area contributed by atoms with Gasteiger partial charge in [0.25, 0.3) is 0 Å². The maximum atomic E-state index is 12.1. The Labute approximate surface area is 142 Å². The summed E-state index contributed by atoms with van der Waals surface area (Å²) in [6.07, 6.45) is 9.87. The van der Waals surface area contributed by atoms with Crippen molar-refractivity contribution in [3.63, 3.8) is 0 Å². The van der Waals surface area contributed by atoms with Gasteiger partial charge in [0.05, 0.1) is 12.7 Å². The van der Waals surface area contributed by atoms with Crippen LogP contribution in [0.3, 0.4) is 0 Å². The summed E-state index contributed by atoms with van der Waals surface area (Å²) in [4.78, 5) is 12.1. The van der Waals surface area contributed by atoms with Gasteiger partial charge in [-0.3, -0.25) is 4.79 Å². The molecule has 126 valence electrons. The van der Waals surface area contributed by atoms with Crippen molar-refractivity contribution in [2.75, 3.05) is 0 Å². The van der Waals surface area contributed by atoms with Crippen molar-refractivity contribution in [1.82, 2.24) is 20.3 Å². The smallest absolute Gasteiger partial charge is 0.244 e. The normalized spacial score (nSPS) is 21.0. The van der Waals surface area contributed by atoms with Crippen LogP contribution in [0.4, 0.5) is 0 Å². The molecule has 2 aromatic rings. The average molecular weight is 324 g/mol. The Hall–Kier alpha value is -2.43. The molecule has 1 aliphatic rings. The van der Waals surface area contributed by atoms with E-state index in [9.17, 15) is 4.79 Å². The molecule has 0 spiro atoms. The van der Waals surface area contributed by atoms with Crippen LogP contribution in [0.25, 0.3) is 6.08 Å². The summed E-state index contributed by atoms with van der Waals surface area (Å²) in [5, 5.41) is 11.3. The van der Waals surface area contributed by atoms with Crippen LogP contribution in [0.15, 0.2) is 42.6 Å². The van der Waals surface area contributed by atoms with Crippen molar-refractivity contribution in [3.05, 3.63) is 53.9 Å². The van der Waals surface area contributed by atoms with Gasteiger partial charge in [-0.25, -0.2) is 4.68 Å². The summed E-state index contributed by atoms with van der Waals surface area (Å²) in [5.41, 5.74) is 1.86. The molecule has 1 fully saturated rings. The number of amides is 1. The predicted molar refractivity (Wildman–Crippen MR) is 94.2 cm³/mol. The number of carbonyl (C=O) groups excluding carboxylic acids is 1. The van der Waals surface area contributed by atoms with E-state index < -0.39 is 0 Å². The van der Waals surface area contributed by atoms with Crippen LogP contribution in [0.5, 0.6) is 0 Å². The largest absolute Gasteiger partial charge is 0.350 e. The minimum atomic E-state index is -0.0497. The van der Waals surface area contributed by atoms with Gasteiger partial charge in [0.2, 0.25) is 5.91 Å². The number of benzene rings is 1. The van der Waals surface area contributed by atoms with Gasteiger partial charge in [-0.1, -0.05) is 55.3 Å². The summed E-state index contributed by atoms with van der Waals surface area (Å²) >= 11 is 0. The van der Waals surface area contributed by atoms with E-state index >= 15 is 0 Å². The van der Waals surface area contributed by atoms with Crippen LogP contribution < -0.4 is 5.32 Å². The van der Waals surface area contributed by atoms with E-state index in [2.05, 4.69) is 34.7 Å². The van der Waals surface area contributed by atoms with Gasteiger partial charge < -0.3 is 5.32 Å². The van der Waals surface area contributed by atoms with Gasteiger partial charge in [0, 0.05) is 12.1 Å². The molecule has 1 aromatic carbocycles. The number of hydrogen-bond acceptors (Lipinski definition) is 3. The molecule has 0 aliphatic heterocycles. The first-order chi connectivity index (χ1) is 11.7. The van der Waals surface area contributed by atoms with E-state index in [1.807, 2.05) is 24.4 Å². The van der Waals surface area contributed by atoms with E-state index in [1.54, 1.807) is 16.8 Å². The first kappa shape index (κ1) is 16.4. The maximum absolute atomic E-state index is 12.1. The molecule has 1 N–H and O–H groups in total. The highest BCUT2D eigenvalue weighted by Crippen LogP contribution is 2.23. The average Bonchev–Trinajstić information content (AvgIpc) is 3.03. The van der Waals surface area contributed by atoms with Gasteiger partial charge in [-0.15, -0.1) is 5.10 Å². The molecule has 5 nitrogen and oxygen atoms in total. The molecule has 1 aliphatic carbocycles. The van der Waals surface area contributed by atoms with E-state index in [0.717, 1.165) is 6.42 Å². The molecule has 0 radical (unpaired) electrons. The van der Waals surface area contributed by atoms with Crippen molar-refractivity contribution >= 4 is 12.0 Å². The second kappa shape index (κ2) is 7.90. The van der Waals surface area contributed by atoms with Crippen molar-refractivity contribution in [2.24, 2.45) is 5.92 Å². The quantitative estimate of drug-likeness (QED) is 0.860. The number of hydrogen-bond donors (Lipinski definition) is 1. The third-order valence-corrected chi connectivity index (χ3v) is 4.59. The zero-order chi connectivity index (χ0) is 16.8. The zero-order valence-electron chi connectivity index (χ0n) is 14.1. The number of aromatic nitrogens is 3. The Bertz CT molecular complexity index is 692. The Morgan fingerprint density at radius 3 is 2.88 bits per heavy atom. The van der Waals surface area contributed by atoms with E-state index in [-0.39, 0.29) is 5.91 Å². The molecule has 1 aromatic heterocycles. The maximum Gasteiger partial charge on any atom is 0.244 e. The van der Waals surface area contributed by atoms with Gasteiger partial charge >= 0.3 is 0 Å². The molecule has 1 heterocycles. The minimum Gasteiger partial charge on any atom is -0.350 e. The monoisotopic (exact) mass is 324 g/mol. The molecule has 0 unspecified atom stereocenters. The third kappa shape index (κ3) is 4.54.